The van der Waals surface area contributed by atoms with Gasteiger partial charge in [0.15, 0.2) is 0 Å². The maximum absolute atomic E-state index is 5.64. The Morgan fingerprint density at radius 1 is 1.40 bits per heavy atom. The Morgan fingerprint density at radius 2 is 2.13 bits per heavy atom. The van der Waals surface area contributed by atoms with Gasteiger partial charge in [0.05, 0.1) is 13.2 Å². The van der Waals surface area contributed by atoms with Gasteiger partial charge in [-0.1, -0.05) is 13.3 Å². The maximum Gasteiger partial charge on any atom is 0.0594 e. The second-order valence-corrected chi connectivity index (χ2v) is 4.17. The van der Waals surface area contributed by atoms with Crippen LogP contribution < -0.4 is 11.1 Å². The zero-order valence-electron chi connectivity index (χ0n) is 9.87. The molecule has 0 aromatic carbocycles. The Labute approximate surface area is 93.1 Å². The fraction of sp³-hybridized carbons (Fsp3) is 1.00. The predicted octanol–water partition coefficient (Wildman–Crippen LogP) is -0.107. The van der Waals surface area contributed by atoms with Crippen molar-refractivity contribution < 1.29 is 4.74 Å². The third kappa shape index (κ3) is 5.47. The molecule has 0 saturated carbocycles. The molecule has 0 radical (unpaired) electrons. The van der Waals surface area contributed by atoms with Crippen molar-refractivity contribution in [1.82, 2.24) is 10.2 Å². The van der Waals surface area contributed by atoms with Gasteiger partial charge in [-0.25, -0.2) is 0 Å². The zero-order valence-corrected chi connectivity index (χ0v) is 9.87. The van der Waals surface area contributed by atoms with Crippen molar-refractivity contribution in [3.8, 4) is 0 Å². The largest absolute Gasteiger partial charge is 0.379 e. The van der Waals surface area contributed by atoms with Crippen molar-refractivity contribution in [2.75, 3.05) is 52.5 Å². The molecule has 1 fully saturated rings. The number of morpholine rings is 1. The molecular weight excluding hydrogens is 190 g/mol. The van der Waals surface area contributed by atoms with Crippen LogP contribution in [0, 0.1) is 5.92 Å². The summed E-state index contributed by atoms with van der Waals surface area (Å²) in [5, 5.41) is 3.47. The summed E-state index contributed by atoms with van der Waals surface area (Å²) >= 11 is 0. The van der Waals surface area contributed by atoms with Gasteiger partial charge in [-0.2, -0.15) is 0 Å². The predicted molar refractivity (Wildman–Crippen MR) is 63.0 cm³/mol. The first-order chi connectivity index (χ1) is 7.36. The smallest absolute Gasteiger partial charge is 0.0594 e. The molecule has 90 valence electrons. The minimum atomic E-state index is 0.634. The molecule has 0 spiro atoms. The van der Waals surface area contributed by atoms with Crippen LogP contribution in [0.15, 0.2) is 0 Å². The van der Waals surface area contributed by atoms with Crippen molar-refractivity contribution in [1.29, 1.82) is 0 Å². The topological polar surface area (TPSA) is 50.5 Å². The highest BCUT2D eigenvalue weighted by Crippen LogP contribution is 1.97. The van der Waals surface area contributed by atoms with Gasteiger partial charge in [-0.05, 0) is 19.0 Å². The van der Waals surface area contributed by atoms with Crippen molar-refractivity contribution in [2.24, 2.45) is 11.7 Å². The van der Waals surface area contributed by atoms with Crippen LogP contribution in [-0.2, 0) is 4.74 Å². The van der Waals surface area contributed by atoms with Crippen LogP contribution in [0.3, 0.4) is 0 Å². The lowest BCUT2D eigenvalue weighted by Gasteiger charge is -2.26. The lowest BCUT2D eigenvalue weighted by Crippen LogP contribution is -2.41. The fourth-order valence-corrected chi connectivity index (χ4v) is 1.76. The first-order valence-electron chi connectivity index (χ1n) is 6.07. The molecule has 0 aromatic heterocycles. The number of hydrogen-bond acceptors (Lipinski definition) is 4. The highest BCUT2D eigenvalue weighted by Gasteiger charge is 2.09. The second-order valence-electron chi connectivity index (χ2n) is 4.17. The molecule has 15 heavy (non-hydrogen) atoms. The van der Waals surface area contributed by atoms with Crippen molar-refractivity contribution in [2.45, 2.75) is 13.3 Å². The fourth-order valence-electron chi connectivity index (χ4n) is 1.76. The first kappa shape index (κ1) is 12.9. The lowest BCUT2D eigenvalue weighted by atomic mass is 10.1. The molecule has 4 heteroatoms. The van der Waals surface area contributed by atoms with Gasteiger partial charge in [0.25, 0.3) is 0 Å². The van der Waals surface area contributed by atoms with Crippen LogP contribution in [0.4, 0.5) is 0 Å². The molecule has 1 rings (SSSR count). The Kier molecular flexibility index (Phi) is 6.92. The van der Waals surface area contributed by atoms with Crippen LogP contribution in [0.25, 0.3) is 0 Å². The van der Waals surface area contributed by atoms with Gasteiger partial charge < -0.3 is 15.8 Å². The van der Waals surface area contributed by atoms with Crippen LogP contribution >= 0.6 is 0 Å². The van der Waals surface area contributed by atoms with E-state index < -0.39 is 0 Å². The summed E-state index contributed by atoms with van der Waals surface area (Å²) < 4.78 is 5.30. The van der Waals surface area contributed by atoms with E-state index in [1.165, 1.54) is 6.42 Å². The Bertz CT molecular complexity index is 145. The second kappa shape index (κ2) is 8.05. The van der Waals surface area contributed by atoms with E-state index in [9.17, 15) is 0 Å². The van der Waals surface area contributed by atoms with Gasteiger partial charge in [-0.3, -0.25) is 4.90 Å². The molecule has 1 atom stereocenters. The number of ether oxygens (including phenoxy) is 1. The molecule has 3 N–H and O–H groups in total. The number of nitrogens with zero attached hydrogens (tertiary/aromatic N) is 1. The normalized spacial score (nSPS) is 20.4. The summed E-state index contributed by atoms with van der Waals surface area (Å²) in [5.74, 6) is 0.634. The summed E-state index contributed by atoms with van der Waals surface area (Å²) in [6, 6.07) is 0. The monoisotopic (exact) mass is 215 g/mol. The highest BCUT2D eigenvalue weighted by molar-refractivity contribution is 4.65. The molecule has 0 bridgehead atoms. The van der Waals surface area contributed by atoms with Gasteiger partial charge >= 0.3 is 0 Å². The molecule has 0 aliphatic carbocycles. The number of nitrogens with one attached hydrogen (secondary N) is 1. The van der Waals surface area contributed by atoms with Crippen molar-refractivity contribution >= 4 is 0 Å². The quantitative estimate of drug-likeness (QED) is 0.582. The number of nitrogens with two attached hydrogens (primary N) is 1. The summed E-state index contributed by atoms with van der Waals surface area (Å²) in [6.45, 7) is 10.2. The van der Waals surface area contributed by atoms with E-state index in [0.717, 1.165) is 52.5 Å². The van der Waals surface area contributed by atoms with Crippen molar-refractivity contribution in [3.05, 3.63) is 0 Å². The summed E-state index contributed by atoms with van der Waals surface area (Å²) in [5.41, 5.74) is 5.64. The molecule has 1 unspecified atom stereocenters. The molecule has 1 heterocycles. The molecule has 1 saturated heterocycles. The molecule has 4 nitrogen and oxygen atoms in total. The zero-order chi connectivity index (χ0) is 10.9. The highest BCUT2D eigenvalue weighted by atomic mass is 16.5. The summed E-state index contributed by atoms with van der Waals surface area (Å²) in [4.78, 5) is 2.44. The van der Waals surface area contributed by atoms with E-state index in [1.54, 1.807) is 0 Å². The van der Waals surface area contributed by atoms with E-state index in [-0.39, 0.29) is 0 Å². The SMILES string of the molecule is CCC(CN)CNCCN1CCOCC1. The summed E-state index contributed by atoms with van der Waals surface area (Å²) in [6.07, 6.45) is 1.17. The molecule has 1 aliphatic heterocycles. The van der Waals surface area contributed by atoms with Crippen molar-refractivity contribution in [3.63, 3.8) is 0 Å². The van der Waals surface area contributed by atoms with E-state index >= 15 is 0 Å². The average Bonchev–Trinajstić information content (AvgIpc) is 2.31. The Balaban J connectivity index is 1.95. The van der Waals surface area contributed by atoms with E-state index in [1.807, 2.05) is 0 Å². The third-order valence-corrected chi connectivity index (χ3v) is 3.05. The van der Waals surface area contributed by atoms with E-state index in [0.29, 0.717) is 5.92 Å². The lowest BCUT2D eigenvalue weighted by molar-refractivity contribution is 0.0383. The standard InChI is InChI=1S/C11H25N3O/c1-2-11(9-12)10-13-3-4-14-5-7-15-8-6-14/h11,13H,2-10,12H2,1H3. The van der Waals surface area contributed by atoms with Crippen LogP contribution in [0.1, 0.15) is 13.3 Å². The molecule has 1 aliphatic rings. The summed E-state index contributed by atoms with van der Waals surface area (Å²) in [7, 11) is 0. The first-order valence-corrected chi connectivity index (χ1v) is 6.07. The van der Waals surface area contributed by atoms with Crippen LogP contribution in [0.2, 0.25) is 0 Å². The molecule has 0 amide bonds. The third-order valence-electron chi connectivity index (χ3n) is 3.05. The Morgan fingerprint density at radius 3 is 2.73 bits per heavy atom. The van der Waals surface area contributed by atoms with E-state index in [4.69, 9.17) is 10.5 Å². The van der Waals surface area contributed by atoms with Gasteiger partial charge in [0.1, 0.15) is 0 Å². The minimum absolute atomic E-state index is 0.634. The average molecular weight is 215 g/mol. The Hall–Kier alpha value is -0.160. The number of hydrogen-bond donors (Lipinski definition) is 2. The van der Waals surface area contributed by atoms with E-state index in [2.05, 4.69) is 17.1 Å². The van der Waals surface area contributed by atoms with Gasteiger partial charge in [0, 0.05) is 26.2 Å². The van der Waals surface area contributed by atoms with Gasteiger partial charge in [-0.15, -0.1) is 0 Å². The van der Waals surface area contributed by atoms with Crippen LogP contribution in [0.5, 0.6) is 0 Å². The maximum atomic E-state index is 5.64. The number of rotatable bonds is 7. The van der Waals surface area contributed by atoms with Gasteiger partial charge in [0.2, 0.25) is 0 Å². The minimum Gasteiger partial charge on any atom is -0.379 e. The van der Waals surface area contributed by atoms with Crippen LogP contribution in [-0.4, -0.2) is 57.4 Å². The molecule has 0 aromatic rings. The molecular formula is C11H25N3O.